The molecule has 3 rings (SSSR count). The summed E-state index contributed by atoms with van der Waals surface area (Å²) in [6.45, 7) is 0. The van der Waals surface area contributed by atoms with E-state index >= 15 is 0 Å². The quantitative estimate of drug-likeness (QED) is 0.443. The van der Waals surface area contributed by atoms with Gasteiger partial charge in [0, 0.05) is 21.8 Å². The third-order valence-corrected chi connectivity index (χ3v) is 4.00. The van der Waals surface area contributed by atoms with E-state index in [9.17, 15) is 9.59 Å². The molecule has 0 aliphatic carbocycles. The summed E-state index contributed by atoms with van der Waals surface area (Å²) in [6, 6.07) is 12.5. The van der Waals surface area contributed by atoms with Crippen LogP contribution < -0.4 is 21.6 Å². The molecule has 1 aromatic heterocycles. The van der Waals surface area contributed by atoms with Gasteiger partial charge in [-0.15, -0.1) is 0 Å². The van der Waals surface area contributed by atoms with Crippen molar-refractivity contribution < 1.29 is 9.21 Å². The SMILES string of the molecule is O=C(NNC(=S)Nc1ccc(Cl)cc1)c1cc(=O)c2cc(Cl)ccc2o1. The smallest absolute Gasteiger partial charge is 0.305 e. The van der Waals surface area contributed by atoms with E-state index in [1.54, 1.807) is 30.3 Å². The molecule has 9 heteroatoms. The molecule has 3 aromatic rings. The Morgan fingerprint density at radius 2 is 1.65 bits per heavy atom. The van der Waals surface area contributed by atoms with Gasteiger partial charge in [0.1, 0.15) is 5.58 Å². The maximum Gasteiger partial charge on any atom is 0.305 e. The van der Waals surface area contributed by atoms with E-state index in [1.807, 2.05) is 0 Å². The minimum absolute atomic E-state index is 0.149. The molecule has 0 radical (unpaired) electrons. The van der Waals surface area contributed by atoms with Gasteiger partial charge in [-0.25, -0.2) is 0 Å². The van der Waals surface area contributed by atoms with Crippen LogP contribution in [-0.2, 0) is 0 Å². The Morgan fingerprint density at radius 1 is 0.962 bits per heavy atom. The molecule has 1 heterocycles. The fourth-order valence-electron chi connectivity index (χ4n) is 2.11. The maximum atomic E-state index is 12.2. The molecule has 2 aromatic carbocycles. The Balaban J connectivity index is 1.67. The van der Waals surface area contributed by atoms with Crippen LogP contribution in [0.5, 0.6) is 0 Å². The number of benzene rings is 2. The lowest BCUT2D eigenvalue weighted by atomic mass is 10.2. The van der Waals surface area contributed by atoms with Crippen LogP contribution in [-0.4, -0.2) is 11.0 Å². The maximum absolute atomic E-state index is 12.2. The summed E-state index contributed by atoms with van der Waals surface area (Å²) in [4.78, 5) is 24.3. The number of amides is 1. The minimum atomic E-state index is -0.654. The molecule has 132 valence electrons. The Hall–Kier alpha value is -2.61. The third kappa shape index (κ3) is 4.32. The van der Waals surface area contributed by atoms with E-state index in [4.69, 9.17) is 39.8 Å². The molecule has 26 heavy (non-hydrogen) atoms. The first-order chi connectivity index (χ1) is 12.4. The Labute approximate surface area is 163 Å². The molecule has 0 atom stereocenters. The highest BCUT2D eigenvalue weighted by Gasteiger charge is 2.13. The van der Waals surface area contributed by atoms with Crippen LogP contribution in [0.2, 0.25) is 10.0 Å². The van der Waals surface area contributed by atoms with Gasteiger partial charge < -0.3 is 9.73 Å². The topological polar surface area (TPSA) is 83.4 Å². The zero-order valence-corrected chi connectivity index (χ0v) is 15.3. The molecule has 0 bridgehead atoms. The number of anilines is 1. The molecule has 0 spiro atoms. The van der Waals surface area contributed by atoms with E-state index in [0.29, 0.717) is 21.1 Å². The summed E-state index contributed by atoms with van der Waals surface area (Å²) in [5, 5.41) is 4.30. The highest BCUT2D eigenvalue weighted by molar-refractivity contribution is 7.80. The molecule has 0 aliphatic heterocycles. The molecule has 6 nitrogen and oxygen atoms in total. The second kappa shape index (κ2) is 7.74. The van der Waals surface area contributed by atoms with Gasteiger partial charge in [0.25, 0.3) is 0 Å². The molecule has 3 N–H and O–H groups in total. The van der Waals surface area contributed by atoms with Gasteiger partial charge >= 0.3 is 5.91 Å². The van der Waals surface area contributed by atoms with E-state index in [0.717, 1.165) is 6.07 Å². The number of rotatable bonds is 2. The average Bonchev–Trinajstić information content (AvgIpc) is 2.62. The lowest BCUT2D eigenvalue weighted by Crippen LogP contribution is -2.43. The van der Waals surface area contributed by atoms with Crippen molar-refractivity contribution in [3.63, 3.8) is 0 Å². The number of hydrazine groups is 1. The van der Waals surface area contributed by atoms with Crippen molar-refractivity contribution in [1.29, 1.82) is 0 Å². The lowest BCUT2D eigenvalue weighted by molar-refractivity contribution is 0.0917. The second-order valence-electron chi connectivity index (χ2n) is 5.16. The van der Waals surface area contributed by atoms with Gasteiger partial charge in [0.15, 0.2) is 16.3 Å². The zero-order valence-electron chi connectivity index (χ0n) is 13.0. The first kappa shape index (κ1) is 18.2. The first-order valence-electron chi connectivity index (χ1n) is 7.29. The third-order valence-electron chi connectivity index (χ3n) is 3.30. The Kier molecular flexibility index (Phi) is 5.41. The van der Waals surface area contributed by atoms with Crippen LogP contribution in [0.3, 0.4) is 0 Å². The van der Waals surface area contributed by atoms with Crippen LogP contribution in [0, 0.1) is 0 Å². The van der Waals surface area contributed by atoms with Crippen molar-refractivity contribution in [2.24, 2.45) is 0 Å². The summed E-state index contributed by atoms with van der Waals surface area (Å²) in [5.74, 6) is -0.814. The van der Waals surface area contributed by atoms with Crippen LogP contribution in [0.25, 0.3) is 11.0 Å². The van der Waals surface area contributed by atoms with E-state index < -0.39 is 5.91 Å². The molecular weight excluding hydrogens is 397 g/mol. The highest BCUT2D eigenvalue weighted by Crippen LogP contribution is 2.17. The predicted octanol–water partition coefficient (Wildman–Crippen LogP) is 3.73. The van der Waals surface area contributed by atoms with Gasteiger partial charge in [-0.2, -0.15) is 0 Å². The fraction of sp³-hybridized carbons (Fsp3) is 0. The number of carbonyl (C=O) groups excluding carboxylic acids is 1. The van der Waals surface area contributed by atoms with Crippen LogP contribution in [0.4, 0.5) is 5.69 Å². The van der Waals surface area contributed by atoms with Gasteiger partial charge in [-0.3, -0.25) is 20.4 Å². The summed E-state index contributed by atoms with van der Waals surface area (Å²) in [7, 11) is 0. The van der Waals surface area contributed by atoms with Gasteiger partial charge in [0.2, 0.25) is 0 Å². The number of carbonyl (C=O) groups is 1. The summed E-state index contributed by atoms with van der Waals surface area (Å²) >= 11 is 16.7. The van der Waals surface area contributed by atoms with Gasteiger partial charge in [-0.1, -0.05) is 23.2 Å². The number of thiocarbonyl (C=S) groups is 1. The minimum Gasteiger partial charge on any atom is -0.451 e. The second-order valence-corrected chi connectivity index (χ2v) is 6.44. The van der Waals surface area contributed by atoms with Crippen molar-refractivity contribution in [2.75, 3.05) is 5.32 Å². The predicted molar refractivity (Wildman–Crippen MR) is 106 cm³/mol. The lowest BCUT2D eigenvalue weighted by Gasteiger charge is -2.11. The number of hydrogen-bond donors (Lipinski definition) is 3. The molecule has 0 aliphatic rings. The molecule has 0 unspecified atom stereocenters. The summed E-state index contributed by atoms with van der Waals surface area (Å²) < 4.78 is 5.43. The van der Waals surface area contributed by atoms with Crippen molar-refractivity contribution in [1.82, 2.24) is 10.9 Å². The number of hydrogen-bond acceptors (Lipinski definition) is 4. The van der Waals surface area contributed by atoms with E-state index in [1.165, 1.54) is 12.1 Å². The molecule has 1 amide bonds. The summed E-state index contributed by atoms with van der Waals surface area (Å²) in [5.41, 5.74) is 5.46. The van der Waals surface area contributed by atoms with Crippen LogP contribution in [0.15, 0.2) is 57.7 Å². The Bertz CT molecular complexity index is 1050. The van der Waals surface area contributed by atoms with Gasteiger partial charge in [-0.05, 0) is 54.7 Å². The fourth-order valence-corrected chi connectivity index (χ4v) is 2.58. The van der Waals surface area contributed by atoms with Crippen molar-refractivity contribution in [3.05, 3.63) is 74.6 Å². The summed E-state index contributed by atoms with van der Waals surface area (Å²) in [6.07, 6.45) is 0. The van der Waals surface area contributed by atoms with Crippen molar-refractivity contribution in [2.45, 2.75) is 0 Å². The average molecular weight is 408 g/mol. The van der Waals surface area contributed by atoms with Crippen LogP contribution >= 0.6 is 35.4 Å². The number of halogens is 2. The standard InChI is InChI=1S/C17H11Cl2N3O3S/c18-9-1-4-11(5-2-9)20-17(26)22-21-16(24)15-8-13(23)12-7-10(19)3-6-14(12)25-15/h1-8H,(H,21,24)(H2,20,22,26). The van der Waals surface area contributed by atoms with Gasteiger partial charge in [0.05, 0.1) is 5.39 Å². The van der Waals surface area contributed by atoms with E-state index in [-0.39, 0.29) is 21.9 Å². The van der Waals surface area contributed by atoms with Crippen LogP contribution in [0.1, 0.15) is 10.6 Å². The molecule has 0 saturated carbocycles. The Morgan fingerprint density at radius 3 is 2.38 bits per heavy atom. The van der Waals surface area contributed by atoms with Crippen molar-refractivity contribution >= 4 is 63.1 Å². The van der Waals surface area contributed by atoms with Crippen molar-refractivity contribution in [3.8, 4) is 0 Å². The van der Waals surface area contributed by atoms with E-state index in [2.05, 4.69) is 16.2 Å². The normalized spacial score (nSPS) is 10.4. The first-order valence-corrected chi connectivity index (χ1v) is 8.45. The highest BCUT2D eigenvalue weighted by atomic mass is 35.5. The molecular formula is C17H11Cl2N3O3S. The largest absolute Gasteiger partial charge is 0.451 e. The zero-order chi connectivity index (χ0) is 18.7. The molecule has 0 fully saturated rings. The molecule has 0 saturated heterocycles. The monoisotopic (exact) mass is 407 g/mol. The number of fused-ring (bicyclic) bond motifs is 1. The number of nitrogens with one attached hydrogen (secondary N) is 3.